The van der Waals surface area contributed by atoms with Crippen LogP contribution in [0.3, 0.4) is 0 Å². The highest BCUT2D eigenvalue weighted by molar-refractivity contribution is 5.80. The van der Waals surface area contributed by atoms with Gasteiger partial charge in [-0.15, -0.1) is 0 Å². The highest BCUT2D eigenvalue weighted by Gasteiger charge is 2.14. The lowest BCUT2D eigenvalue weighted by molar-refractivity contribution is -0.146. The molecule has 4 heteroatoms. The average Bonchev–Trinajstić information content (AvgIpc) is 2.44. The second-order valence-electron chi connectivity index (χ2n) is 5.30. The lowest BCUT2D eigenvalue weighted by Gasteiger charge is -2.20. The molecule has 20 heavy (non-hydrogen) atoms. The predicted molar refractivity (Wildman–Crippen MR) is 76.3 cm³/mol. The van der Waals surface area contributed by atoms with Crippen molar-refractivity contribution in [2.75, 3.05) is 6.61 Å². The smallest absolute Gasteiger partial charge is 0.303 e. The van der Waals surface area contributed by atoms with Crippen LogP contribution in [0.15, 0.2) is 18.2 Å². The van der Waals surface area contributed by atoms with Crippen LogP contribution in [0.25, 0.3) is 0 Å². The Morgan fingerprint density at radius 2 is 1.95 bits per heavy atom. The highest BCUT2D eigenvalue weighted by atomic mass is 16.5. The molecule has 0 heterocycles. The summed E-state index contributed by atoms with van der Waals surface area (Å²) >= 11 is 0. The maximum absolute atomic E-state index is 11.6. The summed E-state index contributed by atoms with van der Waals surface area (Å²) in [6.45, 7) is 3.01. The van der Waals surface area contributed by atoms with Crippen molar-refractivity contribution in [3.8, 4) is 0 Å². The SMILES string of the molecule is CC(=O)OCC(=O)N[C@H](C)c1ccc2c(c1)CCCC2. The zero-order chi connectivity index (χ0) is 14.5. The zero-order valence-electron chi connectivity index (χ0n) is 12.1. The molecule has 0 spiro atoms. The third-order valence-corrected chi connectivity index (χ3v) is 3.66. The van der Waals surface area contributed by atoms with Gasteiger partial charge in [0, 0.05) is 6.92 Å². The number of carbonyl (C=O) groups is 2. The van der Waals surface area contributed by atoms with Crippen LogP contribution in [0.5, 0.6) is 0 Å². The van der Waals surface area contributed by atoms with E-state index in [0.29, 0.717) is 0 Å². The first-order chi connectivity index (χ1) is 9.56. The van der Waals surface area contributed by atoms with Crippen LogP contribution in [-0.4, -0.2) is 18.5 Å². The molecule has 108 valence electrons. The van der Waals surface area contributed by atoms with Gasteiger partial charge >= 0.3 is 5.97 Å². The number of nitrogens with one attached hydrogen (secondary N) is 1. The number of esters is 1. The van der Waals surface area contributed by atoms with Crippen molar-refractivity contribution >= 4 is 11.9 Å². The van der Waals surface area contributed by atoms with Crippen molar-refractivity contribution in [2.24, 2.45) is 0 Å². The lowest BCUT2D eigenvalue weighted by Crippen LogP contribution is -2.30. The molecule has 4 nitrogen and oxygen atoms in total. The molecule has 0 unspecified atom stereocenters. The standard InChI is InChI=1S/C16H21NO3/c1-11(17-16(19)10-20-12(2)18)14-8-7-13-5-3-4-6-15(13)9-14/h7-9,11H,3-6,10H2,1-2H3,(H,17,19)/t11-/m1/s1. The molecule has 1 aliphatic carbocycles. The first-order valence-corrected chi connectivity index (χ1v) is 7.10. The quantitative estimate of drug-likeness (QED) is 0.858. The summed E-state index contributed by atoms with van der Waals surface area (Å²) in [5.74, 6) is -0.716. The fraction of sp³-hybridized carbons (Fsp3) is 0.500. The molecular weight excluding hydrogens is 254 g/mol. The molecule has 0 fully saturated rings. The first-order valence-electron chi connectivity index (χ1n) is 7.10. The van der Waals surface area contributed by atoms with E-state index in [1.807, 2.05) is 6.92 Å². The largest absolute Gasteiger partial charge is 0.456 e. The van der Waals surface area contributed by atoms with E-state index in [0.717, 1.165) is 18.4 Å². The van der Waals surface area contributed by atoms with Gasteiger partial charge in [0.1, 0.15) is 0 Å². The van der Waals surface area contributed by atoms with Crippen LogP contribution in [0.4, 0.5) is 0 Å². The molecule has 0 aromatic heterocycles. The maximum Gasteiger partial charge on any atom is 0.303 e. The summed E-state index contributed by atoms with van der Waals surface area (Å²) in [6.07, 6.45) is 4.78. The third-order valence-electron chi connectivity index (χ3n) is 3.66. The van der Waals surface area contributed by atoms with Crippen LogP contribution in [0, 0.1) is 0 Å². The number of aryl methyl sites for hydroxylation is 2. The average molecular weight is 275 g/mol. The molecule has 0 saturated heterocycles. The normalized spacial score (nSPS) is 15.1. The number of rotatable bonds is 4. The maximum atomic E-state index is 11.6. The number of hydrogen-bond acceptors (Lipinski definition) is 3. The van der Waals surface area contributed by atoms with Gasteiger partial charge in [-0.1, -0.05) is 18.2 Å². The predicted octanol–water partition coefficient (Wildman–Crippen LogP) is 2.31. The van der Waals surface area contributed by atoms with Crippen LogP contribution in [0.2, 0.25) is 0 Å². The highest BCUT2D eigenvalue weighted by Crippen LogP contribution is 2.24. The number of carbonyl (C=O) groups excluding carboxylic acids is 2. The topological polar surface area (TPSA) is 55.4 Å². The molecule has 0 saturated carbocycles. The van der Waals surface area contributed by atoms with Gasteiger partial charge in [-0.2, -0.15) is 0 Å². The molecule has 1 amide bonds. The number of fused-ring (bicyclic) bond motifs is 1. The number of ether oxygens (including phenoxy) is 1. The Morgan fingerprint density at radius 1 is 1.25 bits per heavy atom. The molecule has 1 aromatic carbocycles. The number of hydrogen-bond donors (Lipinski definition) is 1. The Bertz CT molecular complexity index is 510. The monoisotopic (exact) mass is 275 g/mol. The molecule has 1 atom stereocenters. The van der Waals surface area contributed by atoms with Crippen molar-refractivity contribution in [3.63, 3.8) is 0 Å². The molecule has 1 aromatic rings. The molecule has 1 N–H and O–H groups in total. The van der Waals surface area contributed by atoms with E-state index < -0.39 is 5.97 Å². The van der Waals surface area contributed by atoms with E-state index in [1.54, 1.807) is 0 Å². The van der Waals surface area contributed by atoms with Crippen molar-refractivity contribution in [1.82, 2.24) is 5.32 Å². The van der Waals surface area contributed by atoms with Crippen LogP contribution in [0.1, 0.15) is 49.4 Å². The van der Waals surface area contributed by atoms with Crippen LogP contribution >= 0.6 is 0 Å². The Hall–Kier alpha value is -1.84. The molecule has 1 aliphatic rings. The minimum absolute atomic E-state index is 0.0784. The van der Waals surface area contributed by atoms with Gasteiger partial charge < -0.3 is 10.1 Å². The summed E-state index contributed by atoms with van der Waals surface area (Å²) in [6, 6.07) is 6.34. The van der Waals surface area contributed by atoms with Crippen LogP contribution < -0.4 is 5.32 Å². The van der Waals surface area contributed by atoms with Gasteiger partial charge in [0.05, 0.1) is 6.04 Å². The minimum atomic E-state index is -0.443. The van der Waals surface area contributed by atoms with E-state index in [2.05, 4.69) is 28.3 Å². The van der Waals surface area contributed by atoms with Gasteiger partial charge in [-0.25, -0.2) is 0 Å². The van der Waals surface area contributed by atoms with E-state index in [4.69, 9.17) is 0 Å². The second kappa shape index (κ2) is 6.55. The van der Waals surface area contributed by atoms with Crippen molar-refractivity contribution in [3.05, 3.63) is 34.9 Å². The van der Waals surface area contributed by atoms with Crippen molar-refractivity contribution in [2.45, 2.75) is 45.6 Å². The van der Waals surface area contributed by atoms with E-state index in [-0.39, 0.29) is 18.6 Å². The fourth-order valence-corrected chi connectivity index (χ4v) is 2.56. The summed E-state index contributed by atoms with van der Waals surface area (Å²) in [5.41, 5.74) is 3.93. The van der Waals surface area contributed by atoms with E-state index in [1.165, 1.54) is 30.9 Å². The van der Waals surface area contributed by atoms with Crippen molar-refractivity contribution < 1.29 is 14.3 Å². The Balaban J connectivity index is 1.96. The molecular formula is C16H21NO3. The van der Waals surface area contributed by atoms with Crippen LogP contribution in [-0.2, 0) is 27.2 Å². The van der Waals surface area contributed by atoms with Gasteiger partial charge in [0.25, 0.3) is 5.91 Å². The Labute approximate surface area is 119 Å². The molecule has 2 rings (SSSR count). The van der Waals surface area contributed by atoms with E-state index >= 15 is 0 Å². The Morgan fingerprint density at radius 3 is 2.65 bits per heavy atom. The minimum Gasteiger partial charge on any atom is -0.456 e. The van der Waals surface area contributed by atoms with Gasteiger partial charge in [0.2, 0.25) is 0 Å². The van der Waals surface area contributed by atoms with Crippen molar-refractivity contribution in [1.29, 1.82) is 0 Å². The van der Waals surface area contributed by atoms with E-state index in [9.17, 15) is 9.59 Å². The second-order valence-corrected chi connectivity index (χ2v) is 5.30. The summed E-state index contributed by atoms with van der Waals surface area (Å²) in [7, 11) is 0. The van der Waals surface area contributed by atoms with Gasteiger partial charge in [-0.3, -0.25) is 9.59 Å². The number of amides is 1. The molecule has 0 bridgehead atoms. The first kappa shape index (κ1) is 14.6. The summed E-state index contributed by atoms with van der Waals surface area (Å²) in [5, 5.41) is 2.84. The van der Waals surface area contributed by atoms with Gasteiger partial charge in [0.15, 0.2) is 6.61 Å². The zero-order valence-corrected chi connectivity index (χ0v) is 12.1. The molecule has 0 radical (unpaired) electrons. The Kier molecular flexibility index (Phi) is 4.77. The number of benzene rings is 1. The summed E-state index contributed by atoms with van der Waals surface area (Å²) < 4.78 is 4.68. The molecule has 0 aliphatic heterocycles. The van der Waals surface area contributed by atoms with Gasteiger partial charge in [-0.05, 0) is 49.3 Å². The fourth-order valence-electron chi connectivity index (χ4n) is 2.56. The third kappa shape index (κ3) is 3.83. The lowest BCUT2D eigenvalue weighted by atomic mass is 9.89. The summed E-state index contributed by atoms with van der Waals surface area (Å²) in [4.78, 5) is 22.3.